The molecule has 0 radical (unpaired) electrons. The molecule has 0 bridgehead atoms. The van der Waals surface area contributed by atoms with Crippen molar-refractivity contribution in [3.63, 3.8) is 0 Å². The standard InChI is InChI=1S/C31H45N3O10/c1-30(2,3)44-29(40)34-17-22(14-24(34)26(37)41-6)43-28(39)33-16-21-12-9-11-20(23(21)18-33)10-7-8-13-31(4,5)19-42-27(38)32-15-25(35)36/h9,11-12,22,24H,7-8,10,13-19H2,1-6H3,(H,32,38)(H,35,36)/t22-,24+/m1/s1. The number of likely N-dealkylation sites (tertiary alicyclic amines) is 1. The molecule has 2 heterocycles. The number of ether oxygens (including phenoxy) is 4. The molecule has 0 unspecified atom stereocenters. The molecule has 2 atom stereocenters. The summed E-state index contributed by atoms with van der Waals surface area (Å²) in [4.78, 5) is 63.4. The Labute approximate surface area is 258 Å². The zero-order chi connectivity index (χ0) is 32.7. The number of hydrogen-bond acceptors (Lipinski definition) is 9. The summed E-state index contributed by atoms with van der Waals surface area (Å²) < 4.78 is 21.2. The van der Waals surface area contributed by atoms with Gasteiger partial charge in [-0.3, -0.25) is 14.6 Å². The molecule has 13 heteroatoms. The first-order valence-corrected chi connectivity index (χ1v) is 14.8. The largest absolute Gasteiger partial charge is 0.480 e. The number of hydrogen-bond donors (Lipinski definition) is 2. The number of benzene rings is 1. The number of aliphatic carboxylic acids is 1. The van der Waals surface area contributed by atoms with E-state index < -0.39 is 54.5 Å². The first-order valence-electron chi connectivity index (χ1n) is 14.8. The molecule has 244 valence electrons. The van der Waals surface area contributed by atoms with Crippen molar-refractivity contribution in [3.8, 4) is 0 Å². The van der Waals surface area contributed by atoms with Gasteiger partial charge in [0.05, 0.1) is 20.3 Å². The average Bonchev–Trinajstić information content (AvgIpc) is 3.57. The van der Waals surface area contributed by atoms with Crippen molar-refractivity contribution in [1.82, 2.24) is 15.1 Å². The van der Waals surface area contributed by atoms with E-state index in [2.05, 4.69) is 11.4 Å². The molecule has 1 aromatic rings. The van der Waals surface area contributed by atoms with Gasteiger partial charge in [0.1, 0.15) is 24.3 Å². The highest BCUT2D eigenvalue weighted by Gasteiger charge is 2.44. The molecule has 13 nitrogen and oxygen atoms in total. The van der Waals surface area contributed by atoms with Gasteiger partial charge in [-0.15, -0.1) is 0 Å². The molecular formula is C31H45N3O10. The van der Waals surface area contributed by atoms with Crippen LogP contribution >= 0.6 is 0 Å². The van der Waals surface area contributed by atoms with Gasteiger partial charge >= 0.3 is 30.2 Å². The van der Waals surface area contributed by atoms with E-state index in [9.17, 15) is 24.0 Å². The fourth-order valence-corrected chi connectivity index (χ4v) is 5.29. The van der Waals surface area contributed by atoms with Crippen molar-refractivity contribution in [2.45, 2.75) is 97.6 Å². The Hall–Kier alpha value is -4.03. The highest BCUT2D eigenvalue weighted by atomic mass is 16.6. The van der Waals surface area contributed by atoms with Crippen LogP contribution in [0.1, 0.15) is 77.0 Å². The molecule has 1 aromatic carbocycles. The van der Waals surface area contributed by atoms with Crippen LogP contribution in [-0.2, 0) is 48.0 Å². The van der Waals surface area contributed by atoms with Crippen LogP contribution in [-0.4, -0.2) is 89.7 Å². The van der Waals surface area contributed by atoms with Gasteiger partial charge in [0.2, 0.25) is 0 Å². The van der Waals surface area contributed by atoms with Gasteiger partial charge in [-0.2, -0.15) is 0 Å². The SMILES string of the molecule is COC(=O)[C@@H]1C[C@@H](OC(=O)N2Cc3cccc(CCCCC(C)(C)COC(=O)NCC(=O)O)c3C2)CN1C(=O)OC(C)(C)C. The normalized spacial score (nSPS) is 18.0. The van der Waals surface area contributed by atoms with Gasteiger partial charge in [0.15, 0.2) is 0 Å². The van der Waals surface area contributed by atoms with Crippen molar-refractivity contribution in [1.29, 1.82) is 0 Å². The van der Waals surface area contributed by atoms with Crippen LogP contribution in [0.15, 0.2) is 18.2 Å². The number of carbonyl (C=O) groups is 5. The van der Waals surface area contributed by atoms with E-state index in [0.29, 0.717) is 13.1 Å². The molecule has 2 N–H and O–H groups in total. The van der Waals surface area contributed by atoms with E-state index in [1.54, 1.807) is 25.7 Å². The summed E-state index contributed by atoms with van der Waals surface area (Å²) in [5, 5.41) is 10.8. The first kappa shape index (κ1) is 34.5. The number of rotatable bonds is 11. The molecular weight excluding hydrogens is 574 g/mol. The number of aryl methyl sites for hydroxylation is 1. The highest BCUT2D eigenvalue weighted by Crippen LogP contribution is 2.31. The molecule has 3 amide bonds. The molecule has 0 saturated carbocycles. The lowest BCUT2D eigenvalue weighted by molar-refractivity contribution is -0.145. The van der Waals surface area contributed by atoms with Crippen molar-refractivity contribution in [2.75, 3.05) is 26.8 Å². The minimum absolute atomic E-state index is 0.0286. The summed E-state index contributed by atoms with van der Waals surface area (Å²) in [5.41, 5.74) is 2.28. The van der Waals surface area contributed by atoms with E-state index in [1.807, 2.05) is 26.0 Å². The fourth-order valence-electron chi connectivity index (χ4n) is 5.29. The van der Waals surface area contributed by atoms with Crippen molar-refractivity contribution in [3.05, 3.63) is 34.9 Å². The molecule has 2 aliphatic heterocycles. The van der Waals surface area contributed by atoms with Gasteiger partial charge in [-0.25, -0.2) is 19.2 Å². The number of methoxy groups -OCH3 is 1. The van der Waals surface area contributed by atoms with Crippen LogP contribution in [0, 0.1) is 5.41 Å². The maximum atomic E-state index is 13.2. The van der Waals surface area contributed by atoms with Crippen LogP contribution in [0.3, 0.4) is 0 Å². The molecule has 3 rings (SSSR count). The molecule has 1 saturated heterocycles. The zero-order valence-electron chi connectivity index (χ0n) is 26.5. The van der Waals surface area contributed by atoms with Crippen molar-refractivity contribution < 1.29 is 48.0 Å². The maximum absolute atomic E-state index is 13.2. The third-order valence-electron chi connectivity index (χ3n) is 7.50. The summed E-state index contributed by atoms with van der Waals surface area (Å²) in [6.45, 7) is 9.70. The van der Waals surface area contributed by atoms with Gasteiger partial charge < -0.3 is 29.4 Å². The summed E-state index contributed by atoms with van der Waals surface area (Å²) in [7, 11) is 1.25. The monoisotopic (exact) mass is 619 g/mol. The second kappa shape index (κ2) is 14.6. The third kappa shape index (κ3) is 10.0. The van der Waals surface area contributed by atoms with E-state index in [-0.39, 0.29) is 25.0 Å². The lowest BCUT2D eigenvalue weighted by Gasteiger charge is -2.27. The summed E-state index contributed by atoms with van der Waals surface area (Å²) in [6, 6.07) is 5.13. The third-order valence-corrected chi connectivity index (χ3v) is 7.50. The lowest BCUT2D eigenvalue weighted by atomic mass is 9.87. The van der Waals surface area contributed by atoms with Gasteiger partial charge in [-0.1, -0.05) is 38.5 Å². The lowest BCUT2D eigenvalue weighted by Crippen LogP contribution is -2.44. The number of carboxylic acid groups (broad SMARTS) is 1. The van der Waals surface area contributed by atoms with Crippen LogP contribution in [0.25, 0.3) is 0 Å². The number of esters is 1. The Morgan fingerprint density at radius 3 is 2.41 bits per heavy atom. The molecule has 1 fully saturated rings. The average molecular weight is 620 g/mol. The number of alkyl carbamates (subject to hydrolysis) is 1. The van der Waals surface area contributed by atoms with E-state index in [1.165, 1.54) is 12.0 Å². The first-order chi connectivity index (χ1) is 20.6. The Morgan fingerprint density at radius 1 is 1.02 bits per heavy atom. The van der Waals surface area contributed by atoms with Crippen molar-refractivity contribution in [2.24, 2.45) is 5.41 Å². The van der Waals surface area contributed by atoms with Crippen LogP contribution in [0.5, 0.6) is 0 Å². The minimum Gasteiger partial charge on any atom is -0.480 e. The predicted molar refractivity (Wildman–Crippen MR) is 158 cm³/mol. The molecule has 0 aromatic heterocycles. The smallest absolute Gasteiger partial charge is 0.411 e. The number of carbonyl (C=O) groups excluding carboxylic acids is 4. The minimum atomic E-state index is -1.14. The van der Waals surface area contributed by atoms with E-state index in [0.717, 1.165) is 42.4 Å². The second-order valence-corrected chi connectivity index (χ2v) is 13.0. The number of carboxylic acids is 1. The topological polar surface area (TPSA) is 161 Å². The number of unbranched alkanes of at least 4 members (excludes halogenated alkanes) is 1. The Bertz CT molecular complexity index is 1230. The summed E-state index contributed by atoms with van der Waals surface area (Å²) >= 11 is 0. The van der Waals surface area contributed by atoms with E-state index >= 15 is 0 Å². The van der Waals surface area contributed by atoms with E-state index in [4.69, 9.17) is 24.1 Å². The number of amides is 3. The molecule has 0 aliphatic carbocycles. The number of nitrogens with one attached hydrogen (secondary N) is 1. The highest BCUT2D eigenvalue weighted by molar-refractivity contribution is 5.82. The molecule has 2 aliphatic rings. The molecule has 44 heavy (non-hydrogen) atoms. The quantitative estimate of drug-likeness (QED) is 0.208. The van der Waals surface area contributed by atoms with Crippen LogP contribution in [0.4, 0.5) is 14.4 Å². The zero-order valence-corrected chi connectivity index (χ0v) is 26.5. The maximum Gasteiger partial charge on any atom is 0.411 e. The fraction of sp³-hybridized carbons (Fsp3) is 0.645. The Kier molecular flexibility index (Phi) is 11.5. The van der Waals surface area contributed by atoms with Crippen LogP contribution < -0.4 is 5.32 Å². The Morgan fingerprint density at radius 2 is 1.75 bits per heavy atom. The van der Waals surface area contributed by atoms with Crippen molar-refractivity contribution >= 4 is 30.2 Å². The molecule has 0 spiro atoms. The summed E-state index contributed by atoms with van der Waals surface area (Å²) in [5.74, 6) is -1.73. The number of nitrogens with zero attached hydrogens (tertiary/aromatic N) is 2. The second-order valence-electron chi connectivity index (χ2n) is 13.0. The Balaban J connectivity index is 1.50. The van der Waals surface area contributed by atoms with Gasteiger partial charge in [0, 0.05) is 19.5 Å². The van der Waals surface area contributed by atoms with Crippen LogP contribution in [0.2, 0.25) is 0 Å². The summed E-state index contributed by atoms with van der Waals surface area (Å²) in [6.07, 6.45) is 0.919. The van der Waals surface area contributed by atoms with Gasteiger partial charge in [-0.05, 0) is 62.1 Å². The number of fused-ring (bicyclic) bond motifs is 1. The van der Waals surface area contributed by atoms with Gasteiger partial charge in [0.25, 0.3) is 0 Å². The predicted octanol–water partition coefficient (Wildman–Crippen LogP) is 4.24.